The van der Waals surface area contributed by atoms with E-state index in [0.717, 1.165) is 39.2 Å². The fraction of sp³-hybridized carbons (Fsp3) is 0.125. The Kier molecular flexibility index (Phi) is 7.77. The molecule has 52 heavy (non-hydrogen) atoms. The minimum absolute atomic E-state index is 0.454. The molecule has 8 aromatic rings. The van der Waals surface area contributed by atoms with Gasteiger partial charge in [0, 0.05) is 16.8 Å². The normalized spacial score (nSPS) is 15.0. The molecule has 8 aromatic carbocycles. The lowest BCUT2D eigenvalue weighted by Gasteiger charge is -2.32. The molecule has 1 aliphatic rings. The Morgan fingerprint density at radius 1 is 0.404 bits per heavy atom. The summed E-state index contributed by atoms with van der Waals surface area (Å²) in [6.45, 7) is 8.44. The van der Waals surface area contributed by atoms with Gasteiger partial charge in [0.1, 0.15) is 0 Å². The van der Waals surface area contributed by atoms with E-state index in [9.17, 15) is 0 Å². The van der Waals surface area contributed by atoms with Crippen LogP contribution >= 0.6 is 0 Å². The van der Waals surface area contributed by atoms with E-state index in [0.29, 0.717) is 0 Å². The first-order chi connectivity index (χ1) is 25.3. The molecule has 4 heteroatoms. The summed E-state index contributed by atoms with van der Waals surface area (Å²) < 4.78 is 13.3. The van der Waals surface area contributed by atoms with Gasteiger partial charge in [0.25, 0.3) is 0 Å². The van der Waals surface area contributed by atoms with Crippen molar-refractivity contribution >= 4 is 62.0 Å². The van der Waals surface area contributed by atoms with Crippen LogP contribution in [0.1, 0.15) is 27.7 Å². The van der Waals surface area contributed by atoms with Crippen LogP contribution in [0.3, 0.4) is 0 Å². The van der Waals surface area contributed by atoms with Crippen LogP contribution in [0.25, 0.3) is 54.6 Å². The second-order valence-electron chi connectivity index (χ2n) is 14.8. The molecule has 1 fully saturated rings. The Hall–Kier alpha value is -5.68. The Morgan fingerprint density at radius 2 is 0.904 bits per heavy atom. The average Bonchev–Trinajstić information content (AvgIpc) is 3.41. The van der Waals surface area contributed by atoms with Gasteiger partial charge in [0.2, 0.25) is 0 Å². The van der Waals surface area contributed by atoms with Crippen molar-refractivity contribution in [3.8, 4) is 22.3 Å². The van der Waals surface area contributed by atoms with Crippen LogP contribution in [0.2, 0.25) is 0 Å². The van der Waals surface area contributed by atoms with Crippen molar-refractivity contribution in [2.45, 2.75) is 38.9 Å². The van der Waals surface area contributed by atoms with E-state index in [4.69, 9.17) is 9.31 Å². The third-order valence-electron chi connectivity index (χ3n) is 11.1. The molecule has 0 aliphatic carbocycles. The first kappa shape index (κ1) is 32.2. The minimum atomic E-state index is -0.496. The predicted molar refractivity (Wildman–Crippen MR) is 220 cm³/mol. The molecule has 1 heterocycles. The molecule has 9 rings (SSSR count). The summed E-state index contributed by atoms with van der Waals surface area (Å²) in [5.41, 5.74) is 7.87. The number of rotatable bonds is 6. The van der Waals surface area contributed by atoms with Crippen LogP contribution in [-0.4, -0.2) is 18.3 Å². The molecule has 0 unspecified atom stereocenters. The molecule has 1 saturated heterocycles. The molecule has 0 saturated carbocycles. The largest absolute Gasteiger partial charge is 0.494 e. The van der Waals surface area contributed by atoms with E-state index in [-0.39, 0.29) is 0 Å². The molecule has 0 bridgehead atoms. The second kappa shape index (κ2) is 12.5. The molecule has 0 amide bonds. The van der Waals surface area contributed by atoms with E-state index < -0.39 is 18.3 Å². The van der Waals surface area contributed by atoms with Gasteiger partial charge in [0.15, 0.2) is 0 Å². The highest BCUT2D eigenvalue weighted by molar-refractivity contribution is 6.62. The summed E-state index contributed by atoms with van der Waals surface area (Å²) in [4.78, 5) is 2.40. The van der Waals surface area contributed by atoms with Crippen LogP contribution in [-0.2, 0) is 9.31 Å². The first-order valence-electron chi connectivity index (χ1n) is 18.1. The fourth-order valence-electron chi connectivity index (χ4n) is 7.70. The summed E-state index contributed by atoms with van der Waals surface area (Å²) in [5, 5.41) is 7.52. The number of hydrogen-bond donors (Lipinski definition) is 0. The molecule has 0 aromatic heterocycles. The zero-order valence-corrected chi connectivity index (χ0v) is 30.0. The molecular weight excluding hydrogens is 633 g/mol. The number of fused-ring (bicyclic) bond motifs is 6. The fourth-order valence-corrected chi connectivity index (χ4v) is 7.70. The lowest BCUT2D eigenvalue weighted by molar-refractivity contribution is 0.00578. The Balaban J connectivity index is 1.32. The monoisotopic (exact) mass is 673 g/mol. The summed E-state index contributed by atoms with van der Waals surface area (Å²) in [5.74, 6) is 0. The Labute approximate surface area is 306 Å². The second-order valence-corrected chi connectivity index (χ2v) is 14.8. The number of benzene rings is 8. The number of para-hydroxylation sites is 2. The highest BCUT2D eigenvalue weighted by Gasteiger charge is 2.51. The topological polar surface area (TPSA) is 21.7 Å². The van der Waals surface area contributed by atoms with Crippen molar-refractivity contribution in [3.63, 3.8) is 0 Å². The highest BCUT2D eigenvalue weighted by atomic mass is 16.7. The maximum atomic E-state index is 6.63. The van der Waals surface area contributed by atoms with Gasteiger partial charge in [-0.15, -0.1) is 0 Å². The zero-order chi connectivity index (χ0) is 35.5. The molecule has 0 radical (unpaired) electrons. The van der Waals surface area contributed by atoms with Crippen LogP contribution < -0.4 is 10.4 Å². The summed E-state index contributed by atoms with van der Waals surface area (Å²) in [6.07, 6.45) is 0. The number of nitrogens with zero attached hydrogens (tertiary/aromatic N) is 1. The van der Waals surface area contributed by atoms with Crippen molar-refractivity contribution in [2.75, 3.05) is 4.90 Å². The smallest absolute Gasteiger partial charge is 0.399 e. The van der Waals surface area contributed by atoms with Crippen LogP contribution in [0.15, 0.2) is 170 Å². The maximum absolute atomic E-state index is 6.63. The van der Waals surface area contributed by atoms with Gasteiger partial charge in [-0.2, -0.15) is 0 Å². The lowest BCUT2D eigenvalue weighted by atomic mass is 9.77. The summed E-state index contributed by atoms with van der Waals surface area (Å²) in [7, 11) is -0.496. The van der Waals surface area contributed by atoms with Crippen molar-refractivity contribution in [1.29, 1.82) is 0 Å². The molecule has 0 atom stereocenters. The first-order valence-corrected chi connectivity index (χ1v) is 18.1. The lowest BCUT2D eigenvalue weighted by Crippen LogP contribution is -2.41. The van der Waals surface area contributed by atoms with Gasteiger partial charge in [0.05, 0.1) is 22.6 Å². The molecule has 252 valence electrons. The Bertz CT molecular complexity index is 2550. The Morgan fingerprint density at radius 3 is 1.54 bits per heavy atom. The molecule has 0 spiro atoms. The van der Waals surface area contributed by atoms with Crippen LogP contribution in [0.5, 0.6) is 0 Å². The van der Waals surface area contributed by atoms with Crippen LogP contribution in [0, 0.1) is 0 Å². The molecule has 3 nitrogen and oxygen atoms in total. The van der Waals surface area contributed by atoms with Crippen molar-refractivity contribution < 1.29 is 9.31 Å². The standard InChI is InChI=1S/C48H40BNO2/c1-47(2)48(3,4)52-49(51-47)35-28-30-46(50(36-19-9-6-10-20-36)45-26-16-15-21-37(45)33-17-7-5-8-18-33)43(32-35)34-27-29-42-40-24-12-11-22-38(40)39-23-13-14-25-41(39)44(42)31-34/h5-32H,1-4H3. The van der Waals surface area contributed by atoms with E-state index in [1.54, 1.807) is 0 Å². The minimum Gasteiger partial charge on any atom is -0.399 e. The van der Waals surface area contributed by atoms with E-state index in [1.807, 2.05) is 0 Å². The zero-order valence-electron chi connectivity index (χ0n) is 30.0. The third kappa shape index (κ3) is 5.38. The van der Waals surface area contributed by atoms with Crippen molar-refractivity contribution in [1.82, 2.24) is 0 Å². The van der Waals surface area contributed by atoms with E-state index >= 15 is 0 Å². The third-order valence-corrected chi connectivity index (χ3v) is 11.1. The quantitative estimate of drug-likeness (QED) is 0.130. The SMILES string of the molecule is CC1(C)OB(c2ccc(N(c3ccccc3)c3ccccc3-c3ccccc3)c(-c3ccc4c5ccccc5c5ccccc5c4c3)c2)OC1(C)C. The number of hydrogen-bond acceptors (Lipinski definition) is 3. The van der Waals surface area contributed by atoms with Crippen LogP contribution in [0.4, 0.5) is 17.1 Å². The molecule has 0 N–H and O–H groups in total. The van der Waals surface area contributed by atoms with Gasteiger partial charge < -0.3 is 14.2 Å². The molecular formula is C48H40BNO2. The summed E-state index contributed by atoms with van der Waals surface area (Å²) in [6, 6.07) is 61.2. The van der Waals surface area contributed by atoms with Gasteiger partial charge in [-0.1, -0.05) is 140 Å². The molecule has 1 aliphatic heterocycles. The van der Waals surface area contributed by atoms with Crippen molar-refractivity contribution in [2.24, 2.45) is 0 Å². The van der Waals surface area contributed by atoms with Gasteiger partial charge >= 0.3 is 7.12 Å². The summed E-state index contributed by atoms with van der Waals surface area (Å²) >= 11 is 0. The van der Waals surface area contributed by atoms with Gasteiger partial charge in [-0.05, 0) is 107 Å². The van der Waals surface area contributed by atoms with E-state index in [1.165, 1.54) is 37.9 Å². The van der Waals surface area contributed by atoms with E-state index in [2.05, 4.69) is 202 Å². The predicted octanol–water partition coefficient (Wildman–Crippen LogP) is 12.2. The average molecular weight is 674 g/mol. The van der Waals surface area contributed by atoms with Crippen molar-refractivity contribution in [3.05, 3.63) is 170 Å². The highest BCUT2D eigenvalue weighted by Crippen LogP contribution is 2.46. The van der Waals surface area contributed by atoms with Gasteiger partial charge in [-0.25, -0.2) is 0 Å². The maximum Gasteiger partial charge on any atom is 0.494 e. The number of anilines is 3. The van der Waals surface area contributed by atoms with Gasteiger partial charge in [-0.3, -0.25) is 0 Å².